The van der Waals surface area contributed by atoms with Gasteiger partial charge in [-0.25, -0.2) is 0 Å². The minimum Gasteiger partial charge on any atom is -0.169 e. The first kappa shape index (κ1) is 10.9. The summed E-state index contributed by atoms with van der Waals surface area (Å²) in [6.07, 6.45) is 6.16. The molecule has 11 heavy (non-hydrogen) atoms. The molecule has 0 unspecified atom stereocenters. The summed E-state index contributed by atoms with van der Waals surface area (Å²) >= 11 is 3.52. The molecule has 2 heteroatoms. The van der Waals surface area contributed by atoms with E-state index in [0.29, 0.717) is 0 Å². The molecule has 0 saturated heterocycles. The molecule has 1 aromatic carbocycles. The maximum absolute atomic E-state index is 2.10. The molecule has 0 radical (unpaired) electrons. The van der Waals surface area contributed by atoms with Crippen molar-refractivity contribution in [2.45, 2.75) is 4.90 Å². The first-order valence-corrected chi connectivity index (χ1v) is 6.20. The van der Waals surface area contributed by atoms with Crippen LogP contribution in [0.25, 0.3) is 0 Å². The summed E-state index contributed by atoms with van der Waals surface area (Å²) in [4.78, 5) is 1.33. The standard InChI is InChI=1S/C7H8S.C2H6S/c1-8-7-5-3-2-4-6-7;1-3-2/h2-6H,1H3;1-2H3. The second-order valence-electron chi connectivity index (χ2n) is 1.93. The van der Waals surface area contributed by atoms with Crippen molar-refractivity contribution in [1.29, 1.82) is 0 Å². The van der Waals surface area contributed by atoms with Gasteiger partial charge in [0.15, 0.2) is 0 Å². The highest BCUT2D eigenvalue weighted by molar-refractivity contribution is 7.98. The van der Waals surface area contributed by atoms with Gasteiger partial charge in [-0.05, 0) is 30.9 Å². The summed E-state index contributed by atoms with van der Waals surface area (Å²) in [5.41, 5.74) is 0. The van der Waals surface area contributed by atoms with E-state index in [1.807, 2.05) is 30.7 Å². The largest absolute Gasteiger partial charge is 0.169 e. The van der Waals surface area contributed by atoms with E-state index in [1.54, 1.807) is 23.5 Å². The van der Waals surface area contributed by atoms with E-state index < -0.39 is 0 Å². The Morgan fingerprint density at radius 2 is 1.36 bits per heavy atom. The van der Waals surface area contributed by atoms with Crippen LogP contribution in [0.2, 0.25) is 0 Å². The highest BCUT2D eigenvalue weighted by atomic mass is 32.2. The second-order valence-corrected chi connectivity index (χ2v) is 3.62. The molecule has 0 amide bonds. The summed E-state index contributed by atoms with van der Waals surface area (Å²) in [7, 11) is 0. The number of rotatable bonds is 1. The van der Waals surface area contributed by atoms with Crippen LogP contribution in [0.4, 0.5) is 0 Å². The molecule has 0 nitrogen and oxygen atoms in total. The van der Waals surface area contributed by atoms with Gasteiger partial charge >= 0.3 is 0 Å². The van der Waals surface area contributed by atoms with E-state index >= 15 is 0 Å². The normalized spacial score (nSPS) is 8.27. The first-order chi connectivity index (χ1) is 5.35. The van der Waals surface area contributed by atoms with E-state index in [1.165, 1.54) is 4.90 Å². The van der Waals surface area contributed by atoms with Gasteiger partial charge in [0, 0.05) is 4.90 Å². The quantitative estimate of drug-likeness (QED) is 0.617. The molecule has 1 aromatic rings. The summed E-state index contributed by atoms with van der Waals surface area (Å²) < 4.78 is 0. The van der Waals surface area contributed by atoms with Gasteiger partial charge in [-0.3, -0.25) is 0 Å². The lowest BCUT2D eigenvalue weighted by molar-refractivity contribution is 1.47. The van der Waals surface area contributed by atoms with Crippen LogP contribution < -0.4 is 0 Å². The number of hydrogen-bond donors (Lipinski definition) is 0. The zero-order valence-corrected chi connectivity index (χ0v) is 8.84. The molecule has 0 N–H and O–H groups in total. The van der Waals surface area contributed by atoms with Crippen molar-refractivity contribution in [3.8, 4) is 0 Å². The molecule has 0 aliphatic rings. The van der Waals surface area contributed by atoms with Crippen LogP contribution in [0.3, 0.4) is 0 Å². The average Bonchev–Trinajstić information content (AvgIpc) is 2.08. The molecule has 1 rings (SSSR count). The summed E-state index contributed by atoms with van der Waals surface area (Å²) in [6.45, 7) is 0. The Kier molecular flexibility index (Phi) is 7.96. The monoisotopic (exact) mass is 186 g/mol. The van der Waals surface area contributed by atoms with Crippen LogP contribution >= 0.6 is 23.5 Å². The highest BCUT2D eigenvalue weighted by Crippen LogP contribution is 2.11. The fraction of sp³-hybridized carbons (Fsp3) is 0.333. The molecule has 0 heterocycles. The van der Waals surface area contributed by atoms with Gasteiger partial charge in [-0.2, -0.15) is 11.8 Å². The number of hydrogen-bond acceptors (Lipinski definition) is 2. The predicted octanol–water partition coefficient (Wildman–Crippen LogP) is 3.39. The molecule has 0 aliphatic heterocycles. The van der Waals surface area contributed by atoms with Crippen LogP contribution in [0.15, 0.2) is 35.2 Å². The summed E-state index contributed by atoms with van der Waals surface area (Å²) in [5.74, 6) is 0. The predicted molar refractivity (Wildman–Crippen MR) is 57.7 cm³/mol. The van der Waals surface area contributed by atoms with Gasteiger partial charge in [-0.1, -0.05) is 18.2 Å². The molecule has 0 spiro atoms. The molecular formula is C9H14S2. The van der Waals surface area contributed by atoms with Crippen molar-refractivity contribution in [3.63, 3.8) is 0 Å². The Hall–Kier alpha value is -0.0800. The SMILES string of the molecule is CSC.CSc1ccccc1. The Morgan fingerprint density at radius 3 is 1.64 bits per heavy atom. The Labute approximate surface area is 77.8 Å². The Morgan fingerprint density at radius 1 is 0.909 bits per heavy atom. The Bertz CT molecular complexity index is 160. The van der Waals surface area contributed by atoms with Gasteiger partial charge in [0.25, 0.3) is 0 Å². The third-order valence-electron chi connectivity index (χ3n) is 0.979. The average molecular weight is 186 g/mol. The van der Waals surface area contributed by atoms with Crippen LogP contribution in [0.5, 0.6) is 0 Å². The van der Waals surface area contributed by atoms with Crippen LogP contribution in [0.1, 0.15) is 0 Å². The fourth-order valence-electron chi connectivity index (χ4n) is 0.557. The van der Waals surface area contributed by atoms with E-state index in [-0.39, 0.29) is 0 Å². The van der Waals surface area contributed by atoms with E-state index in [2.05, 4.69) is 18.4 Å². The van der Waals surface area contributed by atoms with Gasteiger partial charge in [0.05, 0.1) is 0 Å². The van der Waals surface area contributed by atoms with Crippen LogP contribution in [-0.2, 0) is 0 Å². The zero-order chi connectivity index (χ0) is 8.53. The van der Waals surface area contributed by atoms with Crippen molar-refractivity contribution >= 4 is 23.5 Å². The summed E-state index contributed by atoms with van der Waals surface area (Å²) in [6, 6.07) is 10.3. The van der Waals surface area contributed by atoms with Crippen molar-refractivity contribution in [2.24, 2.45) is 0 Å². The lowest BCUT2D eigenvalue weighted by atomic mass is 10.4. The Balaban J connectivity index is 0.000000292. The van der Waals surface area contributed by atoms with Gasteiger partial charge < -0.3 is 0 Å². The molecule has 0 aliphatic carbocycles. The lowest BCUT2D eigenvalue weighted by Crippen LogP contribution is -1.62. The third-order valence-corrected chi connectivity index (χ3v) is 1.72. The molecule has 0 fully saturated rings. The lowest BCUT2D eigenvalue weighted by Gasteiger charge is -1.89. The molecule has 0 atom stereocenters. The smallest absolute Gasteiger partial charge is 0.00691 e. The second kappa shape index (κ2) is 8.02. The van der Waals surface area contributed by atoms with E-state index in [4.69, 9.17) is 0 Å². The van der Waals surface area contributed by atoms with Crippen molar-refractivity contribution in [1.82, 2.24) is 0 Å². The van der Waals surface area contributed by atoms with E-state index in [0.717, 1.165) is 0 Å². The third kappa shape index (κ3) is 6.32. The molecule has 62 valence electrons. The van der Waals surface area contributed by atoms with E-state index in [9.17, 15) is 0 Å². The minimum atomic E-state index is 1.33. The van der Waals surface area contributed by atoms with Crippen LogP contribution in [-0.4, -0.2) is 18.8 Å². The highest BCUT2D eigenvalue weighted by Gasteiger charge is 1.80. The molecule has 0 bridgehead atoms. The van der Waals surface area contributed by atoms with Gasteiger partial charge in [0.2, 0.25) is 0 Å². The zero-order valence-electron chi connectivity index (χ0n) is 7.20. The maximum atomic E-state index is 2.10. The summed E-state index contributed by atoms with van der Waals surface area (Å²) in [5, 5.41) is 0. The van der Waals surface area contributed by atoms with Gasteiger partial charge in [-0.15, -0.1) is 11.8 Å². The van der Waals surface area contributed by atoms with Crippen molar-refractivity contribution in [3.05, 3.63) is 30.3 Å². The topological polar surface area (TPSA) is 0 Å². The number of benzene rings is 1. The first-order valence-electron chi connectivity index (χ1n) is 3.34. The van der Waals surface area contributed by atoms with Crippen molar-refractivity contribution < 1.29 is 0 Å². The van der Waals surface area contributed by atoms with Crippen LogP contribution in [0, 0.1) is 0 Å². The molecule has 0 aromatic heterocycles. The minimum absolute atomic E-state index is 1.33. The van der Waals surface area contributed by atoms with Crippen molar-refractivity contribution in [2.75, 3.05) is 18.8 Å². The fourth-order valence-corrected chi connectivity index (χ4v) is 0.986. The molecular weight excluding hydrogens is 172 g/mol. The van der Waals surface area contributed by atoms with Gasteiger partial charge in [0.1, 0.15) is 0 Å². The number of thioether (sulfide) groups is 2. The maximum Gasteiger partial charge on any atom is 0.00691 e. The molecule has 0 saturated carbocycles.